The predicted molar refractivity (Wildman–Crippen MR) is 51.1 cm³/mol. The van der Waals surface area contributed by atoms with Gasteiger partial charge in [-0.15, -0.1) is 0 Å². The van der Waals surface area contributed by atoms with E-state index in [1.165, 1.54) is 0 Å². The van der Waals surface area contributed by atoms with Crippen LogP contribution in [0.4, 0.5) is 4.79 Å². The van der Waals surface area contributed by atoms with E-state index in [1.807, 2.05) is 20.8 Å². The molecule has 1 heterocycles. The normalized spacial score (nSPS) is 34.9. The first kappa shape index (κ1) is 9.77. The number of hydrogen-bond donors (Lipinski definition) is 1. The monoisotopic (exact) mass is 199 g/mol. The summed E-state index contributed by atoms with van der Waals surface area (Å²) in [6.45, 7) is 5.80. The summed E-state index contributed by atoms with van der Waals surface area (Å²) >= 11 is 0. The zero-order valence-corrected chi connectivity index (χ0v) is 8.87. The van der Waals surface area contributed by atoms with Crippen molar-refractivity contribution in [3.63, 3.8) is 0 Å². The number of hydrogen-bond acceptors (Lipinski definition) is 3. The van der Waals surface area contributed by atoms with Crippen LogP contribution in [0.15, 0.2) is 0 Å². The molecule has 1 amide bonds. The van der Waals surface area contributed by atoms with Gasteiger partial charge in [0.1, 0.15) is 6.10 Å². The molecule has 1 aliphatic heterocycles. The summed E-state index contributed by atoms with van der Waals surface area (Å²) in [4.78, 5) is 11.4. The van der Waals surface area contributed by atoms with Gasteiger partial charge in [-0.3, -0.25) is 0 Å². The summed E-state index contributed by atoms with van der Waals surface area (Å²) in [5.41, 5.74) is -0.227. The van der Waals surface area contributed by atoms with Crippen LogP contribution in [0.5, 0.6) is 0 Å². The Labute approximate surface area is 84.0 Å². The van der Waals surface area contributed by atoms with Crippen LogP contribution in [0.25, 0.3) is 0 Å². The van der Waals surface area contributed by atoms with Crippen LogP contribution in [-0.2, 0) is 9.47 Å². The fourth-order valence-corrected chi connectivity index (χ4v) is 1.79. The molecular formula is C10H17NO3. The Hall–Kier alpha value is -0.770. The Morgan fingerprint density at radius 1 is 1.36 bits per heavy atom. The van der Waals surface area contributed by atoms with Gasteiger partial charge in [0.05, 0.1) is 12.2 Å². The fourth-order valence-electron chi connectivity index (χ4n) is 1.79. The molecular weight excluding hydrogens is 182 g/mol. The third kappa shape index (κ3) is 2.38. The third-order valence-corrected chi connectivity index (χ3v) is 2.43. The standard InChI is InChI=1S/C10H17NO3/c1-10(2,3)11-9(12)13-6-4-7-8(5-6)14-7/h6-8H,4-5H2,1-3H3,(H,11,12). The molecule has 0 radical (unpaired) electrons. The maximum atomic E-state index is 11.4. The van der Waals surface area contributed by atoms with Crippen LogP contribution in [-0.4, -0.2) is 29.9 Å². The van der Waals surface area contributed by atoms with Crippen molar-refractivity contribution in [2.75, 3.05) is 0 Å². The quantitative estimate of drug-likeness (QED) is 0.650. The number of fused-ring (bicyclic) bond motifs is 1. The van der Waals surface area contributed by atoms with Crippen molar-refractivity contribution in [1.29, 1.82) is 0 Å². The summed E-state index contributed by atoms with van der Waals surface area (Å²) in [5.74, 6) is 0. The highest BCUT2D eigenvalue weighted by Gasteiger charge is 2.49. The molecule has 2 rings (SSSR count). The zero-order chi connectivity index (χ0) is 10.3. The van der Waals surface area contributed by atoms with E-state index < -0.39 is 0 Å². The Morgan fingerprint density at radius 2 is 1.93 bits per heavy atom. The lowest BCUT2D eigenvalue weighted by Gasteiger charge is -2.22. The van der Waals surface area contributed by atoms with Crippen LogP contribution in [0.3, 0.4) is 0 Å². The molecule has 80 valence electrons. The lowest BCUT2D eigenvalue weighted by Crippen LogP contribution is -2.42. The average molecular weight is 199 g/mol. The maximum absolute atomic E-state index is 11.4. The molecule has 1 saturated carbocycles. The molecule has 2 unspecified atom stereocenters. The highest BCUT2D eigenvalue weighted by Crippen LogP contribution is 2.39. The first-order valence-electron chi connectivity index (χ1n) is 5.08. The largest absolute Gasteiger partial charge is 0.446 e. The minimum Gasteiger partial charge on any atom is -0.446 e. The Morgan fingerprint density at radius 3 is 2.43 bits per heavy atom. The number of ether oxygens (including phenoxy) is 2. The molecule has 2 fully saturated rings. The Balaban J connectivity index is 1.72. The second-order valence-electron chi connectivity index (χ2n) is 5.09. The van der Waals surface area contributed by atoms with E-state index in [-0.39, 0.29) is 17.7 Å². The molecule has 0 bridgehead atoms. The molecule has 1 N–H and O–H groups in total. The van der Waals surface area contributed by atoms with Crippen molar-refractivity contribution in [2.24, 2.45) is 0 Å². The minimum atomic E-state index is -0.316. The van der Waals surface area contributed by atoms with Crippen LogP contribution < -0.4 is 5.32 Å². The Bertz CT molecular complexity index is 236. The van der Waals surface area contributed by atoms with Gasteiger partial charge in [0.15, 0.2) is 0 Å². The molecule has 4 nitrogen and oxygen atoms in total. The van der Waals surface area contributed by atoms with Crippen molar-refractivity contribution < 1.29 is 14.3 Å². The second-order valence-corrected chi connectivity index (χ2v) is 5.09. The van der Waals surface area contributed by atoms with E-state index in [2.05, 4.69) is 5.32 Å². The summed E-state index contributed by atoms with van der Waals surface area (Å²) in [6, 6.07) is 0. The van der Waals surface area contributed by atoms with E-state index >= 15 is 0 Å². The van der Waals surface area contributed by atoms with Gasteiger partial charge in [-0.1, -0.05) is 0 Å². The number of carbonyl (C=O) groups excluding carboxylic acids is 1. The van der Waals surface area contributed by atoms with Gasteiger partial charge in [0.2, 0.25) is 0 Å². The van der Waals surface area contributed by atoms with Gasteiger partial charge >= 0.3 is 6.09 Å². The Kier molecular flexibility index (Phi) is 2.18. The molecule has 0 spiro atoms. The molecule has 4 heteroatoms. The van der Waals surface area contributed by atoms with Gasteiger partial charge in [-0.25, -0.2) is 4.79 Å². The van der Waals surface area contributed by atoms with Gasteiger partial charge in [0.25, 0.3) is 0 Å². The first-order valence-corrected chi connectivity index (χ1v) is 5.08. The molecule has 14 heavy (non-hydrogen) atoms. The van der Waals surface area contributed by atoms with Crippen molar-refractivity contribution >= 4 is 6.09 Å². The van der Waals surface area contributed by atoms with Crippen molar-refractivity contribution in [3.05, 3.63) is 0 Å². The van der Waals surface area contributed by atoms with E-state index in [9.17, 15) is 4.79 Å². The fraction of sp³-hybridized carbons (Fsp3) is 0.900. The van der Waals surface area contributed by atoms with Crippen molar-refractivity contribution in [3.8, 4) is 0 Å². The van der Waals surface area contributed by atoms with Crippen LogP contribution in [0, 0.1) is 0 Å². The zero-order valence-electron chi connectivity index (χ0n) is 8.87. The van der Waals surface area contributed by atoms with Gasteiger partial charge < -0.3 is 14.8 Å². The number of carbonyl (C=O) groups is 1. The number of alkyl carbamates (subject to hydrolysis) is 1. The van der Waals surface area contributed by atoms with E-state index in [0.29, 0.717) is 12.2 Å². The summed E-state index contributed by atoms with van der Waals surface area (Å²) in [6.07, 6.45) is 2.19. The SMILES string of the molecule is CC(C)(C)NC(=O)OC1CC2OC2C1. The number of amides is 1. The molecule has 0 aromatic carbocycles. The lowest BCUT2D eigenvalue weighted by molar-refractivity contribution is 0.0730. The predicted octanol–water partition coefficient (Wildman–Crippen LogP) is 1.44. The number of epoxide rings is 1. The van der Waals surface area contributed by atoms with Gasteiger partial charge in [-0.2, -0.15) is 0 Å². The average Bonchev–Trinajstić information content (AvgIpc) is 2.54. The smallest absolute Gasteiger partial charge is 0.407 e. The summed E-state index contributed by atoms with van der Waals surface area (Å²) < 4.78 is 10.5. The number of rotatable bonds is 1. The molecule has 0 aromatic heterocycles. The summed E-state index contributed by atoms with van der Waals surface area (Å²) in [5, 5.41) is 2.77. The molecule has 1 aliphatic carbocycles. The molecule has 1 saturated heterocycles. The second kappa shape index (κ2) is 3.12. The van der Waals surface area contributed by atoms with Crippen LogP contribution in [0.2, 0.25) is 0 Å². The first-order chi connectivity index (χ1) is 6.44. The summed E-state index contributed by atoms with van der Waals surface area (Å²) in [7, 11) is 0. The highest BCUT2D eigenvalue weighted by atomic mass is 16.6. The van der Waals surface area contributed by atoms with Crippen LogP contribution >= 0.6 is 0 Å². The molecule has 2 atom stereocenters. The van der Waals surface area contributed by atoms with E-state index in [1.54, 1.807) is 0 Å². The van der Waals surface area contributed by atoms with Crippen molar-refractivity contribution in [2.45, 2.75) is 57.5 Å². The van der Waals surface area contributed by atoms with E-state index in [0.717, 1.165) is 12.8 Å². The molecule has 0 aromatic rings. The number of nitrogens with one attached hydrogen (secondary N) is 1. The van der Waals surface area contributed by atoms with E-state index in [4.69, 9.17) is 9.47 Å². The highest BCUT2D eigenvalue weighted by molar-refractivity contribution is 5.68. The lowest BCUT2D eigenvalue weighted by atomic mass is 10.1. The minimum absolute atomic E-state index is 0.0566. The maximum Gasteiger partial charge on any atom is 0.407 e. The van der Waals surface area contributed by atoms with Gasteiger partial charge in [-0.05, 0) is 20.8 Å². The van der Waals surface area contributed by atoms with Crippen LogP contribution in [0.1, 0.15) is 33.6 Å². The van der Waals surface area contributed by atoms with Crippen molar-refractivity contribution in [1.82, 2.24) is 5.32 Å². The third-order valence-electron chi connectivity index (χ3n) is 2.43. The topological polar surface area (TPSA) is 50.9 Å². The molecule has 2 aliphatic rings. The van der Waals surface area contributed by atoms with Gasteiger partial charge in [0, 0.05) is 18.4 Å².